The molecule has 0 rings (SSSR count). The number of aliphatic hydroxyl groups excluding tert-OH is 1. The predicted molar refractivity (Wildman–Crippen MR) is 335 cm³/mol. The fourth-order valence-electron chi connectivity index (χ4n) is 10.4. The molecule has 0 heterocycles. The molecule has 474 valence electrons. The quantitative estimate of drug-likeness (QED) is 0.0197. The van der Waals surface area contributed by atoms with Gasteiger partial charge in [-0.15, -0.1) is 0 Å². The number of phosphoric ester groups is 1. The average Bonchev–Trinajstić information content (AvgIpc) is 3.45. The molecule has 2 N–H and O–H groups in total. The molecular weight excluding hydrogens is 1020 g/mol. The minimum Gasteiger partial charge on any atom is -0.462 e. The van der Waals surface area contributed by atoms with Gasteiger partial charge in [0.15, 0.2) is 6.10 Å². The highest BCUT2D eigenvalue weighted by atomic mass is 31.2. The van der Waals surface area contributed by atoms with Gasteiger partial charge in [-0.1, -0.05) is 315 Å². The zero-order chi connectivity index (χ0) is 58.3. The van der Waals surface area contributed by atoms with Crippen molar-refractivity contribution in [2.75, 3.05) is 26.4 Å². The minimum atomic E-state index is -4.75. The number of hydrogen-bond acceptors (Lipinski definition) is 10. The van der Waals surface area contributed by atoms with Crippen LogP contribution in [0.25, 0.3) is 0 Å². The molecule has 11 nitrogen and oxygen atoms in total. The van der Waals surface area contributed by atoms with Gasteiger partial charge < -0.3 is 24.2 Å². The van der Waals surface area contributed by atoms with Gasteiger partial charge in [-0.2, -0.15) is 0 Å². The highest BCUT2D eigenvalue weighted by Crippen LogP contribution is 2.43. The second-order valence-corrected chi connectivity index (χ2v) is 25.2. The first-order valence-corrected chi connectivity index (χ1v) is 36.1. The van der Waals surface area contributed by atoms with E-state index in [4.69, 9.17) is 23.3 Å². The largest absolute Gasteiger partial charge is 0.472 e. The number of hydrogen-bond donors (Lipinski definition) is 2. The number of esters is 3. The van der Waals surface area contributed by atoms with Crippen LogP contribution in [0, 0.1) is 0 Å². The maximum atomic E-state index is 13.0. The normalized spacial score (nSPS) is 13.2. The smallest absolute Gasteiger partial charge is 0.462 e. The van der Waals surface area contributed by atoms with E-state index < -0.39 is 57.8 Å². The molecule has 3 unspecified atom stereocenters. The lowest BCUT2D eigenvalue weighted by Gasteiger charge is -2.21. The van der Waals surface area contributed by atoms with E-state index >= 15 is 0 Å². The Morgan fingerprint density at radius 2 is 0.575 bits per heavy atom. The van der Waals surface area contributed by atoms with E-state index in [0.29, 0.717) is 19.3 Å². The molecule has 80 heavy (non-hydrogen) atoms. The molecule has 0 aliphatic heterocycles. The molecule has 0 aliphatic carbocycles. The molecule has 0 spiro atoms. The van der Waals surface area contributed by atoms with Crippen LogP contribution in [0.2, 0.25) is 0 Å². The summed E-state index contributed by atoms with van der Waals surface area (Å²) in [6.07, 6.45) is 65.9. The van der Waals surface area contributed by atoms with E-state index in [0.717, 1.165) is 77.0 Å². The van der Waals surface area contributed by atoms with Crippen LogP contribution in [0.3, 0.4) is 0 Å². The van der Waals surface area contributed by atoms with Crippen LogP contribution >= 0.6 is 7.82 Å². The molecule has 0 bridgehead atoms. The summed E-state index contributed by atoms with van der Waals surface area (Å²) in [6, 6.07) is 0. The molecule has 0 aromatic rings. The first-order chi connectivity index (χ1) is 39.2. The van der Waals surface area contributed by atoms with E-state index in [2.05, 4.69) is 32.9 Å². The van der Waals surface area contributed by atoms with Gasteiger partial charge in [-0.3, -0.25) is 23.4 Å². The monoisotopic (exact) mass is 1150 g/mol. The molecule has 0 aliphatic rings. The van der Waals surface area contributed by atoms with Gasteiger partial charge in [-0.25, -0.2) is 4.57 Å². The van der Waals surface area contributed by atoms with Crippen LogP contribution in [-0.2, 0) is 42.2 Å². The van der Waals surface area contributed by atoms with Crippen LogP contribution in [0.1, 0.15) is 367 Å². The van der Waals surface area contributed by atoms with Gasteiger partial charge in [0.05, 0.1) is 19.8 Å². The summed E-state index contributed by atoms with van der Waals surface area (Å²) in [5.74, 6) is -1.43. The SMILES string of the molecule is CCCCCCCC/C=C\CCCCCCCC(=O)OCC(COP(=O)(O)OCC(CO)OC(=O)CCCCCCCCCCCCCCCCCCCCC)OC(=O)CCCCCCCCCCCCCCCCCCCCC. The van der Waals surface area contributed by atoms with Crippen LogP contribution in [0.5, 0.6) is 0 Å². The third-order valence-electron chi connectivity index (χ3n) is 15.7. The Morgan fingerprint density at radius 1 is 0.338 bits per heavy atom. The molecule has 12 heteroatoms. The lowest BCUT2D eigenvalue weighted by atomic mass is 10.0. The molecular formula is C68H131O11P. The zero-order valence-electron chi connectivity index (χ0n) is 52.8. The minimum absolute atomic E-state index is 0.175. The van der Waals surface area contributed by atoms with Crippen molar-refractivity contribution < 1.29 is 52.2 Å². The number of unbranched alkanes of at least 4 members (excludes halogenated alkanes) is 47. The number of phosphoric acid groups is 1. The summed E-state index contributed by atoms with van der Waals surface area (Å²) in [6.45, 7) is 4.74. The Kier molecular flexibility index (Phi) is 61.8. The summed E-state index contributed by atoms with van der Waals surface area (Å²) in [7, 11) is -4.75. The Hall–Kier alpha value is -1.78. The van der Waals surface area contributed by atoms with E-state index in [1.165, 1.54) is 231 Å². The van der Waals surface area contributed by atoms with Crippen molar-refractivity contribution in [3.8, 4) is 0 Å². The van der Waals surface area contributed by atoms with Crippen molar-refractivity contribution in [3.63, 3.8) is 0 Å². The zero-order valence-corrected chi connectivity index (χ0v) is 53.7. The van der Waals surface area contributed by atoms with Crippen molar-refractivity contribution in [1.29, 1.82) is 0 Å². The molecule has 0 saturated heterocycles. The number of aliphatic hydroxyl groups is 1. The molecule has 0 amide bonds. The van der Waals surface area contributed by atoms with Gasteiger partial charge in [-0.05, 0) is 44.9 Å². The van der Waals surface area contributed by atoms with Crippen molar-refractivity contribution >= 4 is 25.7 Å². The Morgan fingerprint density at radius 3 is 0.863 bits per heavy atom. The Bertz CT molecular complexity index is 1390. The fourth-order valence-corrected chi connectivity index (χ4v) is 11.2. The third kappa shape index (κ3) is 60.8. The molecule has 0 saturated carbocycles. The maximum Gasteiger partial charge on any atom is 0.472 e. The lowest BCUT2D eigenvalue weighted by Crippen LogP contribution is -2.30. The van der Waals surface area contributed by atoms with Crippen LogP contribution in [-0.4, -0.2) is 66.5 Å². The van der Waals surface area contributed by atoms with E-state index in [1.54, 1.807) is 0 Å². The van der Waals surface area contributed by atoms with Gasteiger partial charge in [0, 0.05) is 19.3 Å². The van der Waals surface area contributed by atoms with E-state index in [9.17, 15) is 28.9 Å². The van der Waals surface area contributed by atoms with E-state index in [-0.39, 0.29) is 25.9 Å². The second kappa shape index (κ2) is 63.2. The van der Waals surface area contributed by atoms with E-state index in [1.807, 2.05) is 0 Å². The first-order valence-electron chi connectivity index (χ1n) is 34.6. The Labute approximate surface area is 494 Å². The van der Waals surface area contributed by atoms with Crippen molar-refractivity contribution in [1.82, 2.24) is 0 Å². The Balaban J connectivity index is 4.59. The van der Waals surface area contributed by atoms with Gasteiger partial charge in [0.1, 0.15) is 12.7 Å². The standard InChI is InChI=1S/C68H131O11P/c1-4-7-10-13-16-19-22-25-28-30-32-34-37-40-43-46-49-52-55-58-67(71)78-64(60-69)62-76-80(73,74)77-63-65(61-75-66(70)57-54-51-48-45-42-39-36-27-24-21-18-15-12-9-6-3)79-68(72)59-56-53-50-47-44-41-38-35-33-31-29-26-23-20-17-14-11-8-5-2/h27,36,64-65,69H,4-26,28-35,37-63H2,1-3H3,(H,73,74)/b36-27-. The highest BCUT2D eigenvalue weighted by molar-refractivity contribution is 7.47. The number of carbonyl (C=O) groups excluding carboxylic acids is 3. The molecule has 0 fully saturated rings. The van der Waals surface area contributed by atoms with Crippen LogP contribution in [0.4, 0.5) is 0 Å². The third-order valence-corrected chi connectivity index (χ3v) is 16.6. The van der Waals surface area contributed by atoms with Crippen LogP contribution in [0.15, 0.2) is 12.2 Å². The lowest BCUT2D eigenvalue weighted by molar-refractivity contribution is -0.161. The summed E-state index contributed by atoms with van der Waals surface area (Å²) in [5, 5.41) is 9.87. The molecule has 0 aromatic heterocycles. The van der Waals surface area contributed by atoms with Crippen molar-refractivity contribution in [2.24, 2.45) is 0 Å². The highest BCUT2D eigenvalue weighted by Gasteiger charge is 2.28. The summed E-state index contributed by atoms with van der Waals surface area (Å²) in [5.41, 5.74) is 0. The number of ether oxygens (including phenoxy) is 3. The van der Waals surface area contributed by atoms with Crippen molar-refractivity contribution in [2.45, 2.75) is 380 Å². The van der Waals surface area contributed by atoms with Crippen molar-refractivity contribution in [3.05, 3.63) is 12.2 Å². The molecule has 3 atom stereocenters. The number of rotatable bonds is 66. The molecule has 0 radical (unpaired) electrons. The first kappa shape index (κ1) is 78.2. The summed E-state index contributed by atoms with van der Waals surface area (Å²) in [4.78, 5) is 48.8. The number of allylic oxidation sites excluding steroid dienone is 2. The second-order valence-electron chi connectivity index (χ2n) is 23.7. The maximum absolute atomic E-state index is 13.0. The topological polar surface area (TPSA) is 155 Å². The van der Waals surface area contributed by atoms with Gasteiger partial charge in [0.2, 0.25) is 0 Å². The summed E-state index contributed by atoms with van der Waals surface area (Å²) >= 11 is 0. The molecule has 0 aromatic carbocycles. The number of carbonyl (C=O) groups is 3. The average molecular weight is 1160 g/mol. The van der Waals surface area contributed by atoms with Gasteiger partial charge in [0.25, 0.3) is 0 Å². The van der Waals surface area contributed by atoms with Gasteiger partial charge >= 0.3 is 25.7 Å². The van der Waals surface area contributed by atoms with Crippen LogP contribution < -0.4 is 0 Å². The summed E-state index contributed by atoms with van der Waals surface area (Å²) < 4.78 is 39.8. The fraction of sp³-hybridized carbons (Fsp3) is 0.926. The predicted octanol–water partition coefficient (Wildman–Crippen LogP) is 21.2.